The Balaban J connectivity index is 0.688. The van der Waals surface area contributed by atoms with Crippen molar-refractivity contribution in [2.45, 2.75) is 142 Å². The molecule has 0 amide bonds. The highest BCUT2D eigenvalue weighted by Gasteiger charge is 2.59. The molecule has 0 radical (unpaired) electrons. The van der Waals surface area contributed by atoms with E-state index in [1.54, 1.807) is 0 Å². The zero-order valence-corrected chi connectivity index (χ0v) is 43.5. The summed E-state index contributed by atoms with van der Waals surface area (Å²) in [5, 5.41) is 0. The Hall–Kier alpha value is -5.88. The van der Waals surface area contributed by atoms with Gasteiger partial charge < -0.3 is 0 Å². The van der Waals surface area contributed by atoms with Gasteiger partial charge in [-0.3, -0.25) is 19.9 Å². The first-order chi connectivity index (χ1) is 34.6. The maximum atomic E-state index is 5.25. The van der Waals surface area contributed by atoms with Crippen LogP contribution < -0.4 is 0 Å². The summed E-state index contributed by atoms with van der Waals surface area (Å²) in [5.41, 5.74) is 23.5. The van der Waals surface area contributed by atoms with Crippen LogP contribution in [0.3, 0.4) is 0 Å². The molecule has 6 nitrogen and oxygen atoms in total. The van der Waals surface area contributed by atoms with Crippen LogP contribution in [-0.2, 0) is 25.7 Å². The van der Waals surface area contributed by atoms with Crippen molar-refractivity contribution < 1.29 is 0 Å². The van der Waals surface area contributed by atoms with Crippen molar-refractivity contribution in [2.75, 3.05) is 0 Å². The molecule has 12 aliphatic carbocycles. The Kier molecular flexibility index (Phi) is 9.03. The topological polar surface area (TPSA) is 77.3 Å². The van der Waals surface area contributed by atoms with Gasteiger partial charge in [0.1, 0.15) is 0 Å². The lowest BCUT2D eigenvalue weighted by Crippen LogP contribution is -2.51. The summed E-state index contributed by atoms with van der Waals surface area (Å²) in [5.74, 6) is 6.07. The highest BCUT2D eigenvalue weighted by Crippen LogP contribution is 2.69. The smallest absolute Gasteiger partial charge is 0.0894 e. The molecule has 72 heavy (non-hydrogen) atoms. The van der Waals surface area contributed by atoms with Gasteiger partial charge in [0.2, 0.25) is 0 Å². The molecule has 0 saturated heterocycles. The zero-order valence-electron chi connectivity index (χ0n) is 43.5. The van der Waals surface area contributed by atoms with Gasteiger partial charge in [0.25, 0.3) is 0 Å². The van der Waals surface area contributed by atoms with Crippen LogP contribution in [0.25, 0.3) is 45.6 Å². The fourth-order valence-corrected chi connectivity index (χ4v) is 17.1. The predicted molar refractivity (Wildman–Crippen MR) is 287 cm³/mol. The predicted octanol–water partition coefficient (Wildman–Crippen LogP) is 15.0. The van der Waals surface area contributed by atoms with E-state index in [9.17, 15) is 0 Å². The third-order valence-electron chi connectivity index (χ3n) is 22.3. The van der Waals surface area contributed by atoms with E-state index in [0.29, 0.717) is 58.2 Å². The summed E-state index contributed by atoms with van der Waals surface area (Å²) >= 11 is 0. The number of hydrogen-bond acceptors (Lipinski definition) is 6. The summed E-state index contributed by atoms with van der Waals surface area (Å²) in [6, 6.07) is 32.0. The second-order valence-corrected chi connectivity index (χ2v) is 26.6. The molecule has 10 atom stereocenters. The van der Waals surface area contributed by atoms with Crippen LogP contribution in [0.15, 0.2) is 110 Å². The van der Waals surface area contributed by atoms with Gasteiger partial charge in [0.05, 0.1) is 45.6 Å². The molecule has 6 heterocycles. The first-order valence-electron chi connectivity index (χ1n) is 27.6. The zero-order chi connectivity index (χ0) is 48.8. The lowest BCUT2D eigenvalue weighted by Gasteiger charge is -2.60. The summed E-state index contributed by atoms with van der Waals surface area (Å²) in [6.45, 7) is 19.7. The van der Waals surface area contributed by atoms with Crippen molar-refractivity contribution in [3.63, 3.8) is 0 Å². The van der Waals surface area contributed by atoms with E-state index in [1.807, 2.05) is 0 Å². The van der Waals surface area contributed by atoms with Crippen molar-refractivity contribution >= 4 is 0 Å². The molecule has 4 saturated carbocycles. The Bertz CT molecular complexity index is 3190. The van der Waals surface area contributed by atoms with Crippen molar-refractivity contribution in [2.24, 2.45) is 45.3 Å². The summed E-state index contributed by atoms with van der Waals surface area (Å²) in [7, 11) is 0. The van der Waals surface area contributed by atoms with Gasteiger partial charge in [-0.05, 0) is 236 Å². The molecule has 1 aromatic carbocycles. The second kappa shape index (κ2) is 14.9. The summed E-state index contributed by atoms with van der Waals surface area (Å²) < 4.78 is 0. The van der Waals surface area contributed by atoms with E-state index in [1.165, 1.54) is 81.3 Å². The fraction of sp³-hybridized carbons (Fsp3) is 0.455. The monoisotopic (exact) mass is 945 g/mol. The quantitative estimate of drug-likeness (QED) is 0.151. The Morgan fingerprint density at radius 1 is 0.375 bits per heavy atom. The third kappa shape index (κ3) is 6.13. The maximum Gasteiger partial charge on any atom is 0.0894 e. The van der Waals surface area contributed by atoms with Crippen molar-refractivity contribution in [1.29, 1.82) is 0 Å². The van der Waals surface area contributed by atoms with E-state index in [-0.39, 0.29) is 10.8 Å². The van der Waals surface area contributed by atoms with Crippen molar-refractivity contribution in [1.82, 2.24) is 29.9 Å². The third-order valence-corrected chi connectivity index (χ3v) is 22.3. The minimum atomic E-state index is 0.259. The number of pyridine rings is 6. The van der Waals surface area contributed by atoms with E-state index < -0.39 is 0 Å². The van der Waals surface area contributed by atoms with Crippen LogP contribution in [0.5, 0.6) is 0 Å². The van der Waals surface area contributed by atoms with Gasteiger partial charge in [-0.2, -0.15) is 0 Å². The standard InChI is InChI=1S/C66H68N6/c1-63(2)39-21-37-23-59(67-31-45(37)49(63)25-39)55-11-9-13-57(71-55)61-27-41-43(51-29-53(65(51,5)6)47(41)33-69-61)19-35-15-17-36(18-16-35)20-44-42-28-62(70-34-48(42)54-30-52(44)66(54,7)8)58-14-10-12-56(72-58)60-24-38-22-40-26-50(64(40,3)4)46(38)32-68-60/h9-18,23-24,27-28,31-34,39-40,43-44,49-54H,19-22,25-26,29-30H2,1-8H3. The van der Waals surface area contributed by atoms with Gasteiger partial charge in [-0.15, -0.1) is 0 Å². The SMILES string of the molecule is CC1(C)C2Cc3cc(-c4cccc(-c5cc6c(cn5)C5CC(C6Cc6ccc(CC7c8cc(-c9cccc(-c%10cc%11c(cn%10)C%10CC(C%11)C%10(C)C)n9)ncc8C8CC7C8(C)C)cc6)C5(C)C)n4)ncc3C1C2. The molecule has 10 unspecified atom stereocenters. The molecule has 6 aromatic heterocycles. The van der Waals surface area contributed by atoms with Gasteiger partial charge in [-0.1, -0.05) is 91.8 Å². The number of benzene rings is 1. The van der Waals surface area contributed by atoms with Gasteiger partial charge in [0, 0.05) is 24.8 Å². The van der Waals surface area contributed by atoms with E-state index in [2.05, 4.69) is 165 Å². The molecule has 12 aliphatic rings. The van der Waals surface area contributed by atoms with Crippen LogP contribution in [0.1, 0.15) is 172 Å². The molecular formula is C66H68N6. The Labute approximate surface area is 426 Å². The largest absolute Gasteiger partial charge is 0.254 e. The number of aromatic nitrogens is 6. The molecule has 19 rings (SSSR count). The highest BCUT2D eigenvalue weighted by atomic mass is 14.8. The molecule has 0 spiro atoms. The van der Waals surface area contributed by atoms with E-state index in [0.717, 1.165) is 83.1 Å². The summed E-state index contributed by atoms with van der Waals surface area (Å²) in [4.78, 5) is 30.8. The maximum absolute atomic E-state index is 5.25. The van der Waals surface area contributed by atoms with Crippen LogP contribution in [0, 0.1) is 45.3 Å². The minimum absolute atomic E-state index is 0.259. The van der Waals surface area contributed by atoms with Gasteiger partial charge in [0.15, 0.2) is 0 Å². The Morgan fingerprint density at radius 3 is 1.08 bits per heavy atom. The molecule has 7 aromatic rings. The molecule has 0 N–H and O–H groups in total. The lowest BCUT2D eigenvalue weighted by molar-refractivity contribution is -0.00603. The van der Waals surface area contributed by atoms with Gasteiger partial charge in [-0.25, -0.2) is 9.97 Å². The minimum Gasteiger partial charge on any atom is -0.254 e. The fourth-order valence-electron chi connectivity index (χ4n) is 17.1. The van der Waals surface area contributed by atoms with E-state index in [4.69, 9.17) is 29.9 Å². The van der Waals surface area contributed by atoms with Crippen molar-refractivity contribution in [3.05, 3.63) is 165 Å². The molecule has 0 aliphatic heterocycles. The molecular weight excluding hydrogens is 877 g/mol. The second-order valence-electron chi connectivity index (χ2n) is 26.6. The van der Waals surface area contributed by atoms with Crippen LogP contribution in [0.4, 0.5) is 0 Å². The highest BCUT2D eigenvalue weighted by molar-refractivity contribution is 5.66. The average molecular weight is 945 g/mol. The normalized spacial score (nSPS) is 30.2. The van der Waals surface area contributed by atoms with E-state index >= 15 is 0 Å². The molecule has 4 fully saturated rings. The molecule has 6 heteroatoms. The molecule has 362 valence electrons. The average Bonchev–Trinajstić information content (AvgIpc) is 3.40. The number of nitrogens with zero attached hydrogens (tertiary/aromatic N) is 6. The lowest BCUT2D eigenvalue weighted by atomic mass is 9.43. The molecule has 8 bridgehead atoms. The number of hydrogen-bond donors (Lipinski definition) is 0. The van der Waals surface area contributed by atoms with Crippen LogP contribution >= 0.6 is 0 Å². The van der Waals surface area contributed by atoms with Gasteiger partial charge >= 0.3 is 0 Å². The summed E-state index contributed by atoms with van der Waals surface area (Å²) in [6.07, 6.45) is 18.2. The first-order valence-corrected chi connectivity index (χ1v) is 27.6. The van der Waals surface area contributed by atoms with Crippen molar-refractivity contribution in [3.8, 4) is 45.6 Å². The van der Waals surface area contributed by atoms with Crippen LogP contribution in [-0.4, -0.2) is 29.9 Å². The first kappa shape index (κ1) is 43.7. The van der Waals surface area contributed by atoms with Crippen LogP contribution in [0.2, 0.25) is 0 Å². The number of rotatable bonds is 8. The Morgan fingerprint density at radius 2 is 0.722 bits per heavy atom.